The lowest BCUT2D eigenvalue weighted by molar-refractivity contribution is -0.140. The number of nitrogens with zero attached hydrogens (tertiary/aromatic N) is 1. The molecule has 0 unspecified atom stereocenters. The highest BCUT2D eigenvalue weighted by molar-refractivity contribution is 7.99. The van der Waals surface area contributed by atoms with Crippen LogP contribution < -0.4 is 5.32 Å². The van der Waals surface area contributed by atoms with Crippen LogP contribution in [0.15, 0.2) is 59.5 Å². The van der Waals surface area contributed by atoms with E-state index in [1.165, 1.54) is 0 Å². The number of carbonyl (C=O) groups is 2. The van der Waals surface area contributed by atoms with Crippen molar-refractivity contribution in [3.8, 4) is 0 Å². The van der Waals surface area contributed by atoms with Crippen LogP contribution in [-0.4, -0.2) is 34.6 Å². The van der Waals surface area contributed by atoms with Crippen molar-refractivity contribution in [3.05, 3.63) is 65.7 Å². The van der Waals surface area contributed by atoms with Crippen LogP contribution in [0.2, 0.25) is 0 Å². The van der Waals surface area contributed by atoms with Crippen LogP contribution in [0.5, 0.6) is 0 Å². The summed E-state index contributed by atoms with van der Waals surface area (Å²) in [5, 5.41) is 3.01. The van der Waals surface area contributed by atoms with Crippen LogP contribution in [0.3, 0.4) is 0 Å². The van der Waals surface area contributed by atoms with E-state index in [9.17, 15) is 9.59 Å². The molecule has 1 N–H and O–H groups in total. The molecule has 0 saturated carbocycles. The van der Waals surface area contributed by atoms with Crippen molar-refractivity contribution in [3.63, 3.8) is 0 Å². The SMILES string of the molecule is CC[C@@H](C)NC(=O)[C@@H](C)N(Cc1cccc(C)c1)C(=O)CCSc1ccccc1. The molecule has 2 aromatic carbocycles. The van der Waals surface area contributed by atoms with Crippen LogP contribution in [0.1, 0.15) is 44.7 Å². The Balaban J connectivity index is 2.07. The molecule has 156 valence electrons. The van der Waals surface area contributed by atoms with Gasteiger partial charge in [0.25, 0.3) is 0 Å². The highest BCUT2D eigenvalue weighted by Gasteiger charge is 2.26. The molecule has 0 aromatic heterocycles. The minimum atomic E-state index is -0.515. The molecule has 29 heavy (non-hydrogen) atoms. The van der Waals surface area contributed by atoms with Crippen LogP contribution in [-0.2, 0) is 16.1 Å². The molecular formula is C24H32N2O2S. The van der Waals surface area contributed by atoms with E-state index in [4.69, 9.17) is 0 Å². The summed E-state index contributed by atoms with van der Waals surface area (Å²) in [6.45, 7) is 8.30. The number of thioether (sulfide) groups is 1. The first kappa shape index (κ1) is 23.0. The van der Waals surface area contributed by atoms with Crippen LogP contribution in [0.4, 0.5) is 0 Å². The monoisotopic (exact) mass is 412 g/mol. The summed E-state index contributed by atoms with van der Waals surface area (Å²) in [5.41, 5.74) is 2.18. The van der Waals surface area contributed by atoms with Gasteiger partial charge in [-0.1, -0.05) is 55.0 Å². The molecular weight excluding hydrogens is 380 g/mol. The van der Waals surface area contributed by atoms with Crippen molar-refractivity contribution < 1.29 is 9.59 Å². The third-order valence-electron chi connectivity index (χ3n) is 4.93. The fourth-order valence-electron chi connectivity index (χ4n) is 2.97. The van der Waals surface area contributed by atoms with Crippen LogP contribution in [0.25, 0.3) is 0 Å². The Labute approximate surface area is 179 Å². The molecule has 0 aliphatic carbocycles. The van der Waals surface area contributed by atoms with Gasteiger partial charge in [-0.25, -0.2) is 0 Å². The zero-order valence-corrected chi connectivity index (χ0v) is 18.7. The molecule has 0 aliphatic heterocycles. The number of hydrogen-bond donors (Lipinski definition) is 1. The number of carbonyl (C=O) groups excluding carboxylic acids is 2. The highest BCUT2D eigenvalue weighted by atomic mass is 32.2. The third-order valence-corrected chi connectivity index (χ3v) is 5.95. The largest absolute Gasteiger partial charge is 0.352 e. The summed E-state index contributed by atoms with van der Waals surface area (Å²) in [7, 11) is 0. The van der Waals surface area contributed by atoms with E-state index in [2.05, 4.69) is 11.4 Å². The highest BCUT2D eigenvalue weighted by Crippen LogP contribution is 2.19. The van der Waals surface area contributed by atoms with Gasteiger partial charge in [0.05, 0.1) is 0 Å². The molecule has 2 atom stereocenters. The van der Waals surface area contributed by atoms with E-state index in [1.807, 2.05) is 76.2 Å². The van der Waals surface area contributed by atoms with Crippen molar-refractivity contribution in [2.75, 3.05) is 5.75 Å². The van der Waals surface area contributed by atoms with Gasteiger partial charge in [-0.3, -0.25) is 9.59 Å². The summed E-state index contributed by atoms with van der Waals surface area (Å²) in [6.07, 6.45) is 1.25. The Morgan fingerprint density at radius 2 is 1.79 bits per heavy atom. The second kappa shape index (κ2) is 11.7. The molecule has 5 heteroatoms. The van der Waals surface area contributed by atoms with Gasteiger partial charge >= 0.3 is 0 Å². The first-order chi connectivity index (χ1) is 13.9. The zero-order valence-electron chi connectivity index (χ0n) is 17.9. The van der Waals surface area contributed by atoms with Crippen molar-refractivity contribution in [1.29, 1.82) is 0 Å². The quantitative estimate of drug-likeness (QED) is 0.570. The van der Waals surface area contributed by atoms with Gasteiger partial charge < -0.3 is 10.2 Å². The number of aryl methyl sites for hydroxylation is 1. The van der Waals surface area contributed by atoms with E-state index < -0.39 is 6.04 Å². The summed E-state index contributed by atoms with van der Waals surface area (Å²) in [6, 6.07) is 17.7. The fourth-order valence-corrected chi connectivity index (χ4v) is 3.83. The molecule has 4 nitrogen and oxygen atoms in total. The van der Waals surface area contributed by atoms with E-state index >= 15 is 0 Å². The molecule has 2 amide bonds. The Hall–Kier alpha value is -2.27. The number of rotatable bonds is 10. The number of nitrogens with one attached hydrogen (secondary N) is 1. The maximum Gasteiger partial charge on any atom is 0.242 e. The smallest absolute Gasteiger partial charge is 0.242 e. The molecule has 0 heterocycles. The molecule has 0 aliphatic rings. The topological polar surface area (TPSA) is 49.4 Å². The Morgan fingerprint density at radius 3 is 2.45 bits per heavy atom. The Kier molecular flexibility index (Phi) is 9.26. The maximum atomic E-state index is 13.1. The fraction of sp³-hybridized carbons (Fsp3) is 0.417. The minimum Gasteiger partial charge on any atom is -0.352 e. The molecule has 0 radical (unpaired) electrons. The molecule has 2 aromatic rings. The average molecular weight is 413 g/mol. The zero-order chi connectivity index (χ0) is 21.2. The minimum absolute atomic E-state index is 0.00161. The van der Waals surface area contributed by atoms with Crippen LogP contribution in [0, 0.1) is 6.92 Å². The van der Waals surface area contributed by atoms with Gasteiger partial charge in [-0.15, -0.1) is 11.8 Å². The van der Waals surface area contributed by atoms with E-state index in [-0.39, 0.29) is 17.9 Å². The summed E-state index contributed by atoms with van der Waals surface area (Å²) >= 11 is 1.66. The number of amides is 2. The molecule has 0 saturated heterocycles. The maximum absolute atomic E-state index is 13.1. The lowest BCUT2D eigenvalue weighted by Crippen LogP contribution is -2.49. The first-order valence-corrected chi connectivity index (χ1v) is 11.2. The first-order valence-electron chi connectivity index (χ1n) is 10.2. The Morgan fingerprint density at radius 1 is 1.07 bits per heavy atom. The van der Waals surface area contributed by atoms with Crippen molar-refractivity contribution in [2.24, 2.45) is 0 Å². The van der Waals surface area contributed by atoms with Crippen molar-refractivity contribution in [1.82, 2.24) is 10.2 Å². The van der Waals surface area contributed by atoms with Crippen LogP contribution >= 0.6 is 11.8 Å². The van der Waals surface area contributed by atoms with Gasteiger partial charge in [0.15, 0.2) is 0 Å². The summed E-state index contributed by atoms with van der Waals surface area (Å²) in [5.74, 6) is 0.588. The predicted molar refractivity (Wildman–Crippen MR) is 121 cm³/mol. The van der Waals surface area contributed by atoms with Gasteiger partial charge in [0.2, 0.25) is 11.8 Å². The third kappa shape index (κ3) is 7.58. The van der Waals surface area contributed by atoms with Gasteiger partial charge in [0.1, 0.15) is 6.04 Å². The molecule has 0 bridgehead atoms. The standard InChI is InChI=1S/C24H32N2O2S/c1-5-19(3)25-24(28)20(4)26(17-21-11-9-10-18(2)16-21)23(27)14-15-29-22-12-7-6-8-13-22/h6-13,16,19-20H,5,14-15,17H2,1-4H3,(H,25,28)/t19-,20-/m1/s1. The lowest BCUT2D eigenvalue weighted by atomic mass is 10.1. The lowest BCUT2D eigenvalue weighted by Gasteiger charge is -2.30. The molecule has 0 fully saturated rings. The van der Waals surface area contributed by atoms with Crippen molar-refractivity contribution in [2.45, 2.75) is 64.1 Å². The van der Waals surface area contributed by atoms with E-state index in [0.717, 1.165) is 22.4 Å². The van der Waals surface area contributed by atoms with E-state index in [1.54, 1.807) is 16.7 Å². The molecule has 2 rings (SSSR count). The van der Waals surface area contributed by atoms with Crippen molar-refractivity contribution >= 4 is 23.6 Å². The summed E-state index contributed by atoms with van der Waals surface area (Å²) in [4.78, 5) is 28.6. The van der Waals surface area contributed by atoms with Gasteiger partial charge in [-0.2, -0.15) is 0 Å². The normalized spacial score (nSPS) is 12.8. The number of benzene rings is 2. The molecule has 0 spiro atoms. The van der Waals surface area contributed by atoms with Gasteiger partial charge in [0, 0.05) is 29.7 Å². The van der Waals surface area contributed by atoms with Gasteiger partial charge in [-0.05, 0) is 44.9 Å². The average Bonchev–Trinajstić information content (AvgIpc) is 2.72. The second-order valence-corrected chi connectivity index (χ2v) is 8.58. The number of hydrogen-bond acceptors (Lipinski definition) is 3. The Bertz CT molecular complexity index is 794. The van der Waals surface area contributed by atoms with E-state index in [0.29, 0.717) is 18.7 Å². The predicted octanol–water partition coefficient (Wildman–Crippen LogP) is 4.81. The summed E-state index contributed by atoms with van der Waals surface area (Å²) < 4.78 is 0. The second-order valence-electron chi connectivity index (χ2n) is 7.42.